The van der Waals surface area contributed by atoms with E-state index in [-0.39, 0.29) is 12.3 Å². The molecular weight excluding hydrogens is 488 g/mol. The fraction of sp³-hybridized carbons (Fsp3) is 0.345. The number of halogens is 1. The van der Waals surface area contributed by atoms with Crippen molar-refractivity contribution in [1.29, 1.82) is 0 Å². The highest BCUT2D eigenvalue weighted by atomic mass is 79.9. The van der Waals surface area contributed by atoms with Crippen molar-refractivity contribution in [2.75, 3.05) is 6.61 Å². The van der Waals surface area contributed by atoms with Crippen molar-refractivity contribution in [1.82, 2.24) is 5.01 Å². The summed E-state index contributed by atoms with van der Waals surface area (Å²) in [4.78, 5) is 0. The molecule has 5 rings (SSSR count). The first-order chi connectivity index (χ1) is 16.7. The first kappa shape index (κ1) is 23.0. The Morgan fingerprint density at radius 3 is 2.56 bits per heavy atom. The summed E-state index contributed by atoms with van der Waals surface area (Å²) >= 11 is 3.63. The van der Waals surface area contributed by atoms with Crippen LogP contribution in [-0.2, 0) is 0 Å². The molecule has 2 aliphatic rings. The molecule has 0 saturated heterocycles. The fourth-order valence-corrected chi connectivity index (χ4v) is 5.09. The maximum absolute atomic E-state index is 6.50. The summed E-state index contributed by atoms with van der Waals surface area (Å²) in [5.41, 5.74) is 4.50. The molecule has 5 heteroatoms. The third kappa shape index (κ3) is 5.00. The highest BCUT2D eigenvalue weighted by Gasteiger charge is 2.41. The van der Waals surface area contributed by atoms with Crippen molar-refractivity contribution in [3.63, 3.8) is 0 Å². The molecule has 0 bridgehead atoms. The summed E-state index contributed by atoms with van der Waals surface area (Å²) in [5.74, 6) is 1.83. The highest BCUT2D eigenvalue weighted by molar-refractivity contribution is 9.10. The van der Waals surface area contributed by atoms with Crippen LogP contribution in [0.2, 0.25) is 0 Å². The monoisotopic (exact) mass is 518 g/mol. The van der Waals surface area contributed by atoms with Gasteiger partial charge in [0.1, 0.15) is 11.5 Å². The van der Waals surface area contributed by atoms with E-state index in [1.807, 2.05) is 12.1 Å². The van der Waals surface area contributed by atoms with Crippen molar-refractivity contribution in [2.45, 2.75) is 57.7 Å². The third-order valence-electron chi connectivity index (χ3n) is 6.54. The number of benzene rings is 3. The summed E-state index contributed by atoms with van der Waals surface area (Å²) in [5, 5.41) is 7.18. The van der Waals surface area contributed by atoms with Gasteiger partial charge in [-0.15, -0.1) is 0 Å². The Hall–Kier alpha value is -2.79. The fourth-order valence-electron chi connectivity index (χ4n) is 4.71. The van der Waals surface area contributed by atoms with Crippen LogP contribution in [0, 0.1) is 0 Å². The van der Waals surface area contributed by atoms with Gasteiger partial charge in [0.05, 0.1) is 18.4 Å². The second-order valence-electron chi connectivity index (χ2n) is 9.00. The number of nitrogens with zero attached hydrogens (tertiary/aromatic N) is 2. The van der Waals surface area contributed by atoms with E-state index in [0.29, 0.717) is 0 Å². The minimum Gasteiger partial charge on any atom is -0.494 e. The lowest BCUT2D eigenvalue weighted by molar-refractivity contribution is -0.0191. The standard InChI is InChI=1S/C29H31BrN2O2/c1-2-3-4-5-9-18-33-24-15-12-22(13-16-24)29-32-27(25-19-23(30)14-17-28(25)34-29)20-26(31-32)21-10-7-6-8-11-21/h6-8,10-17,19,27,29H,2-5,9,18,20H2,1H3/t27-,29-/m0/s1. The molecule has 4 nitrogen and oxygen atoms in total. The van der Waals surface area contributed by atoms with Gasteiger partial charge in [-0.3, -0.25) is 0 Å². The zero-order chi connectivity index (χ0) is 23.3. The Balaban J connectivity index is 1.35. The summed E-state index contributed by atoms with van der Waals surface area (Å²) in [6.07, 6.45) is 6.78. The molecule has 0 fully saturated rings. The van der Waals surface area contributed by atoms with Crippen molar-refractivity contribution in [3.05, 3.63) is 94.0 Å². The quantitative estimate of drug-likeness (QED) is 0.268. The Morgan fingerprint density at radius 2 is 1.76 bits per heavy atom. The molecule has 0 unspecified atom stereocenters. The molecule has 34 heavy (non-hydrogen) atoms. The van der Waals surface area contributed by atoms with Crippen molar-refractivity contribution >= 4 is 21.6 Å². The van der Waals surface area contributed by atoms with E-state index < -0.39 is 0 Å². The second kappa shape index (κ2) is 10.6. The van der Waals surface area contributed by atoms with Crippen LogP contribution in [0.15, 0.2) is 82.4 Å². The van der Waals surface area contributed by atoms with Gasteiger partial charge in [-0.2, -0.15) is 5.10 Å². The third-order valence-corrected chi connectivity index (χ3v) is 7.03. The number of hydrogen-bond donors (Lipinski definition) is 0. The topological polar surface area (TPSA) is 34.1 Å². The van der Waals surface area contributed by atoms with Gasteiger partial charge in [0.15, 0.2) is 0 Å². The number of hydrazone groups is 1. The Morgan fingerprint density at radius 1 is 0.971 bits per heavy atom. The second-order valence-corrected chi connectivity index (χ2v) is 9.91. The lowest BCUT2D eigenvalue weighted by Gasteiger charge is -2.38. The maximum atomic E-state index is 6.50. The van der Waals surface area contributed by atoms with Crippen LogP contribution in [0.3, 0.4) is 0 Å². The Labute approximate surface area is 210 Å². The van der Waals surface area contributed by atoms with Gasteiger partial charge in [0.25, 0.3) is 0 Å². The SMILES string of the molecule is CCCCCCCOc1ccc([C@@H]2Oc3ccc(Br)cc3[C@@H]3CC(c4ccccc4)=NN32)cc1. The van der Waals surface area contributed by atoms with E-state index in [4.69, 9.17) is 14.6 Å². The summed E-state index contributed by atoms with van der Waals surface area (Å²) in [7, 11) is 0. The summed E-state index contributed by atoms with van der Waals surface area (Å²) < 4.78 is 13.5. The van der Waals surface area contributed by atoms with Gasteiger partial charge < -0.3 is 9.47 Å². The zero-order valence-electron chi connectivity index (χ0n) is 19.6. The minimum atomic E-state index is -0.275. The highest BCUT2D eigenvalue weighted by Crippen LogP contribution is 2.48. The normalized spacial score (nSPS) is 18.6. The number of fused-ring (bicyclic) bond motifs is 3. The number of rotatable bonds is 9. The van der Waals surface area contributed by atoms with E-state index in [1.165, 1.54) is 31.2 Å². The maximum Gasteiger partial charge on any atom is 0.213 e. The van der Waals surface area contributed by atoms with Crippen LogP contribution in [0.25, 0.3) is 0 Å². The Kier molecular flexibility index (Phi) is 7.19. The van der Waals surface area contributed by atoms with Gasteiger partial charge in [0, 0.05) is 22.0 Å². The Bertz CT molecular complexity index is 1130. The molecule has 3 aromatic rings. The molecule has 2 heterocycles. The molecule has 0 aliphatic carbocycles. The van der Waals surface area contributed by atoms with Gasteiger partial charge >= 0.3 is 0 Å². The first-order valence-corrected chi connectivity index (χ1v) is 13.1. The molecule has 2 aliphatic heterocycles. The number of ether oxygens (including phenoxy) is 2. The van der Waals surface area contributed by atoms with Gasteiger partial charge in [0.2, 0.25) is 6.23 Å². The molecule has 0 saturated carbocycles. The molecule has 0 radical (unpaired) electrons. The van der Waals surface area contributed by atoms with Gasteiger partial charge in [-0.25, -0.2) is 5.01 Å². The lowest BCUT2D eigenvalue weighted by Crippen LogP contribution is -2.33. The van der Waals surface area contributed by atoms with E-state index in [2.05, 4.69) is 88.5 Å². The van der Waals surface area contributed by atoms with E-state index in [1.54, 1.807) is 0 Å². The van der Waals surface area contributed by atoms with E-state index in [0.717, 1.165) is 52.3 Å². The van der Waals surface area contributed by atoms with Crippen LogP contribution >= 0.6 is 15.9 Å². The van der Waals surface area contributed by atoms with Crippen molar-refractivity contribution in [2.24, 2.45) is 5.10 Å². The van der Waals surface area contributed by atoms with E-state index >= 15 is 0 Å². The predicted octanol–water partition coefficient (Wildman–Crippen LogP) is 8.04. The largest absolute Gasteiger partial charge is 0.494 e. The van der Waals surface area contributed by atoms with Crippen LogP contribution in [0.4, 0.5) is 0 Å². The smallest absolute Gasteiger partial charge is 0.213 e. The minimum absolute atomic E-state index is 0.139. The van der Waals surface area contributed by atoms with Crippen LogP contribution in [0.1, 0.15) is 74.4 Å². The number of hydrogen-bond acceptors (Lipinski definition) is 4. The van der Waals surface area contributed by atoms with Crippen molar-refractivity contribution in [3.8, 4) is 11.5 Å². The average molecular weight is 519 g/mol. The molecule has 0 N–H and O–H groups in total. The predicted molar refractivity (Wildman–Crippen MR) is 140 cm³/mol. The molecule has 0 amide bonds. The lowest BCUT2D eigenvalue weighted by atomic mass is 9.96. The van der Waals surface area contributed by atoms with Crippen LogP contribution < -0.4 is 9.47 Å². The van der Waals surface area contributed by atoms with Crippen LogP contribution in [0.5, 0.6) is 11.5 Å². The molecule has 0 spiro atoms. The molecule has 0 aromatic heterocycles. The van der Waals surface area contributed by atoms with Crippen molar-refractivity contribution < 1.29 is 9.47 Å². The molecule has 2 atom stereocenters. The van der Waals surface area contributed by atoms with Gasteiger partial charge in [-0.05, 0) is 54.4 Å². The molecule has 3 aromatic carbocycles. The van der Waals surface area contributed by atoms with Gasteiger partial charge in [-0.1, -0.05) is 78.9 Å². The summed E-state index contributed by atoms with van der Waals surface area (Å²) in [6, 6.07) is 25.1. The molecular formula is C29H31BrN2O2. The first-order valence-electron chi connectivity index (χ1n) is 12.3. The van der Waals surface area contributed by atoms with E-state index in [9.17, 15) is 0 Å². The average Bonchev–Trinajstić information content (AvgIpc) is 3.33. The summed E-state index contributed by atoms with van der Waals surface area (Å²) in [6.45, 7) is 3.01. The van der Waals surface area contributed by atoms with Crippen LogP contribution in [-0.4, -0.2) is 17.3 Å². The zero-order valence-corrected chi connectivity index (χ0v) is 21.2. The molecule has 176 valence electrons. The number of unbranched alkanes of at least 4 members (excludes halogenated alkanes) is 4.